The second-order valence-electron chi connectivity index (χ2n) is 12.0. The molecule has 18 nitrogen and oxygen atoms in total. The van der Waals surface area contributed by atoms with Crippen LogP contribution in [0.2, 0.25) is 0 Å². The average molecular weight is 767 g/mol. The fourth-order valence-corrected chi connectivity index (χ4v) is 6.37. The quantitative estimate of drug-likeness (QED) is 0.0599. The Labute approximate surface area is 298 Å². The van der Waals surface area contributed by atoms with Crippen LogP contribution in [0.15, 0.2) is 48.5 Å². The van der Waals surface area contributed by atoms with Crippen LogP contribution < -0.4 is 10.6 Å². The maximum atomic E-state index is 13.1. The first-order valence-electron chi connectivity index (χ1n) is 16.0. The summed E-state index contributed by atoms with van der Waals surface area (Å²) in [5.74, 6) is -4.64. The number of ketones is 1. The zero-order valence-electron chi connectivity index (χ0n) is 28.0. The smallest absolute Gasteiger partial charge is 0.352 e. The molecule has 1 heterocycles. The van der Waals surface area contributed by atoms with Crippen LogP contribution in [0, 0.1) is 0 Å². The van der Waals surface area contributed by atoms with Crippen molar-refractivity contribution in [2.75, 3.05) is 26.2 Å². The molecule has 0 bridgehead atoms. The molecular weight excluding hydrogens is 726 g/mol. The van der Waals surface area contributed by atoms with Crippen LogP contribution in [-0.2, 0) is 72.7 Å². The van der Waals surface area contributed by atoms with Crippen molar-refractivity contribution in [3.63, 3.8) is 0 Å². The van der Waals surface area contributed by atoms with Gasteiger partial charge in [0, 0.05) is 45.3 Å². The molecule has 1 fully saturated rings. The summed E-state index contributed by atoms with van der Waals surface area (Å²) >= 11 is 0. The van der Waals surface area contributed by atoms with Crippen molar-refractivity contribution in [3.8, 4) is 0 Å². The zero-order valence-corrected chi connectivity index (χ0v) is 29.8. The Morgan fingerprint density at radius 1 is 0.712 bits per heavy atom. The molecule has 52 heavy (non-hydrogen) atoms. The number of nitrogens with zero attached hydrogens (tertiary/aromatic N) is 2. The molecule has 0 spiro atoms. The number of carbonyl (C=O) groups excluding carboxylic acids is 7. The summed E-state index contributed by atoms with van der Waals surface area (Å²) in [5, 5.41) is 5.17. The number of hydrogen-bond acceptors (Lipinski definition) is 10. The van der Waals surface area contributed by atoms with E-state index in [1.165, 1.54) is 29.2 Å². The van der Waals surface area contributed by atoms with Crippen LogP contribution in [0.25, 0.3) is 0 Å². The molecule has 5 amide bonds. The Bertz CT molecular complexity index is 1630. The molecule has 0 saturated carbocycles. The maximum Gasteiger partial charge on any atom is 0.352 e. The first kappa shape index (κ1) is 41.8. The van der Waals surface area contributed by atoms with Gasteiger partial charge in [-0.1, -0.05) is 48.5 Å². The van der Waals surface area contributed by atoms with Crippen LogP contribution in [0.5, 0.6) is 0 Å². The molecule has 20 heteroatoms. The number of amides is 5. The Hall–Kier alpha value is -4.57. The Morgan fingerprint density at radius 3 is 1.73 bits per heavy atom. The lowest BCUT2D eigenvalue weighted by molar-refractivity contribution is -0.196. The van der Waals surface area contributed by atoms with Gasteiger partial charge >= 0.3 is 21.2 Å². The topological polar surface area (TPSA) is 274 Å². The highest BCUT2D eigenvalue weighted by molar-refractivity contribution is 7.51. The van der Waals surface area contributed by atoms with E-state index in [1.54, 1.807) is 24.3 Å². The molecule has 0 aliphatic carbocycles. The van der Waals surface area contributed by atoms with E-state index in [0.29, 0.717) is 27.3 Å². The van der Waals surface area contributed by atoms with Crippen molar-refractivity contribution in [1.82, 2.24) is 20.6 Å². The lowest BCUT2D eigenvalue weighted by Gasteiger charge is -2.23. The second-order valence-corrected chi connectivity index (χ2v) is 15.3. The molecule has 0 atom stereocenters. The maximum absolute atomic E-state index is 13.1. The van der Waals surface area contributed by atoms with Crippen molar-refractivity contribution >= 4 is 56.5 Å². The highest BCUT2D eigenvalue weighted by Gasteiger charge is 2.33. The van der Waals surface area contributed by atoms with E-state index in [2.05, 4.69) is 15.5 Å². The molecule has 1 aliphatic rings. The minimum Gasteiger partial charge on any atom is -0.354 e. The normalized spacial score (nSPS) is 13.1. The molecule has 1 saturated heterocycles. The van der Waals surface area contributed by atoms with Gasteiger partial charge in [0.25, 0.3) is 11.8 Å². The van der Waals surface area contributed by atoms with Gasteiger partial charge in [-0.2, -0.15) is 0 Å². The molecule has 0 unspecified atom stereocenters. The summed E-state index contributed by atoms with van der Waals surface area (Å²) in [6, 6.07) is 12.3. The molecule has 2 aromatic rings. The highest BCUT2D eigenvalue weighted by atomic mass is 31.2. The molecule has 3 rings (SSSR count). The van der Waals surface area contributed by atoms with Crippen LogP contribution in [0.1, 0.15) is 54.4 Å². The van der Waals surface area contributed by atoms with E-state index in [1.807, 2.05) is 0 Å². The zero-order chi connectivity index (χ0) is 38.5. The third-order valence-electron chi connectivity index (χ3n) is 7.47. The van der Waals surface area contributed by atoms with Crippen LogP contribution in [0.4, 0.5) is 0 Å². The van der Waals surface area contributed by atoms with Gasteiger partial charge in [-0.15, -0.1) is 5.06 Å². The van der Waals surface area contributed by atoms with Crippen molar-refractivity contribution < 1.29 is 67.1 Å². The number of nitrogens with one attached hydrogen (secondary N) is 2. The van der Waals surface area contributed by atoms with Crippen molar-refractivity contribution in [3.05, 3.63) is 70.8 Å². The molecule has 0 radical (unpaired) electrons. The minimum atomic E-state index is -4.25. The summed E-state index contributed by atoms with van der Waals surface area (Å²) in [4.78, 5) is 129. The van der Waals surface area contributed by atoms with Gasteiger partial charge in [0.2, 0.25) is 17.7 Å². The lowest BCUT2D eigenvalue weighted by Crippen LogP contribution is -2.42. The van der Waals surface area contributed by atoms with Crippen molar-refractivity contribution in [1.29, 1.82) is 0 Å². The van der Waals surface area contributed by atoms with E-state index in [4.69, 9.17) is 19.6 Å². The van der Waals surface area contributed by atoms with E-state index < -0.39 is 76.0 Å². The highest BCUT2D eigenvalue weighted by Crippen LogP contribution is 2.39. The molecule has 2 aromatic carbocycles. The van der Waals surface area contributed by atoms with Gasteiger partial charge in [-0.25, -0.2) is 4.79 Å². The predicted octanol–water partition coefficient (Wildman–Crippen LogP) is 0.235. The van der Waals surface area contributed by atoms with E-state index in [0.717, 1.165) is 0 Å². The first-order chi connectivity index (χ1) is 24.4. The van der Waals surface area contributed by atoms with Crippen LogP contribution >= 0.6 is 15.2 Å². The van der Waals surface area contributed by atoms with E-state index in [9.17, 15) is 42.7 Å². The van der Waals surface area contributed by atoms with Crippen LogP contribution in [-0.4, -0.2) is 97.0 Å². The Kier molecular flexibility index (Phi) is 15.5. The summed E-state index contributed by atoms with van der Waals surface area (Å²) < 4.78 is 22.4. The van der Waals surface area contributed by atoms with Crippen molar-refractivity contribution in [2.24, 2.45) is 0 Å². The fourth-order valence-electron chi connectivity index (χ4n) is 5.00. The number of rotatable bonds is 20. The SMILES string of the molecule is O=C(CCCN(CCNC(=O)Cc1ccc(CP(=O)(O)O)cc1)C(=O)CC(=O)NCC(=O)ON1C(=O)CCC1=O)Cc1ccc(CP(=O)(O)O)cc1. The Morgan fingerprint density at radius 2 is 1.21 bits per heavy atom. The van der Waals surface area contributed by atoms with Crippen LogP contribution in [0.3, 0.4) is 0 Å². The standard InChI is InChI=1S/C32H40N4O14P2/c37-26(16-22-3-7-24(8-4-22)20-51(44,45)46)2-1-14-35(15-13-33-27(38)17-23-5-9-25(10-6-23)21-52(47,48)49)31(42)18-28(39)34-19-32(43)50-36-29(40)11-12-30(36)41/h3-10H,1-2,11-21H2,(H,33,38)(H,34,39)(H2,44,45,46)(H2,47,48,49). The number of hydroxylamine groups is 2. The second kappa shape index (κ2) is 19.3. The van der Waals surface area contributed by atoms with Gasteiger partial charge in [0.15, 0.2) is 0 Å². The number of imide groups is 1. The number of Topliss-reactive ketones (excluding diaryl/α,β-unsaturated/α-hetero) is 1. The van der Waals surface area contributed by atoms with Gasteiger partial charge < -0.3 is 39.9 Å². The number of carbonyl (C=O) groups is 7. The molecule has 6 N–H and O–H groups in total. The first-order valence-corrected chi connectivity index (χ1v) is 19.6. The largest absolute Gasteiger partial charge is 0.354 e. The van der Waals surface area contributed by atoms with Crippen molar-refractivity contribution in [2.45, 2.75) is 57.3 Å². The third-order valence-corrected chi connectivity index (χ3v) is 9.02. The lowest BCUT2D eigenvalue weighted by atomic mass is 10.0. The minimum absolute atomic E-state index is 0.0250. The summed E-state index contributed by atoms with van der Waals surface area (Å²) in [7, 11) is -8.49. The van der Waals surface area contributed by atoms with E-state index >= 15 is 0 Å². The average Bonchev–Trinajstić information content (AvgIpc) is 3.35. The monoisotopic (exact) mass is 766 g/mol. The van der Waals surface area contributed by atoms with Gasteiger partial charge in [0.05, 0.1) is 18.7 Å². The Balaban J connectivity index is 1.52. The number of benzene rings is 2. The molecular formula is C32H40N4O14P2. The molecule has 1 aliphatic heterocycles. The molecule has 282 valence electrons. The van der Waals surface area contributed by atoms with Gasteiger partial charge in [-0.3, -0.25) is 37.9 Å². The van der Waals surface area contributed by atoms with Gasteiger partial charge in [-0.05, 0) is 28.7 Å². The fraction of sp³-hybridized carbons (Fsp3) is 0.406. The molecule has 0 aromatic heterocycles. The summed E-state index contributed by atoms with van der Waals surface area (Å²) in [5.41, 5.74) is 2.02. The predicted molar refractivity (Wildman–Crippen MR) is 180 cm³/mol. The summed E-state index contributed by atoms with van der Waals surface area (Å²) in [6.45, 7) is -0.775. The van der Waals surface area contributed by atoms with E-state index in [-0.39, 0.29) is 63.9 Å². The summed E-state index contributed by atoms with van der Waals surface area (Å²) in [6.07, 6.45) is -1.59. The van der Waals surface area contributed by atoms with Gasteiger partial charge in [0.1, 0.15) is 18.7 Å². The number of hydrogen-bond donors (Lipinski definition) is 6. The third kappa shape index (κ3) is 15.8.